The number of nitrogens with one attached hydrogen (secondary N) is 2. The number of carbonyl (C=O) groups is 3. The Morgan fingerprint density at radius 3 is 2.37 bits per heavy atom. The van der Waals surface area contributed by atoms with E-state index in [2.05, 4.69) is 5.32 Å². The minimum Gasteiger partial charge on any atom is -0.486 e. The molecule has 0 aromatic heterocycles. The Labute approximate surface area is 198 Å². The van der Waals surface area contributed by atoms with E-state index in [0.717, 1.165) is 24.5 Å². The maximum atomic E-state index is 13.7. The number of rotatable bonds is 7. The van der Waals surface area contributed by atoms with Gasteiger partial charge in [0.15, 0.2) is 35.6 Å². The molecule has 2 amide bonds. The fourth-order valence-electron chi connectivity index (χ4n) is 4.25. The van der Waals surface area contributed by atoms with Crippen molar-refractivity contribution < 1.29 is 41.8 Å². The van der Waals surface area contributed by atoms with Crippen LogP contribution in [-0.2, 0) is 24.5 Å². The van der Waals surface area contributed by atoms with Crippen molar-refractivity contribution in [2.24, 2.45) is 0 Å². The van der Waals surface area contributed by atoms with Crippen LogP contribution in [0.5, 0.6) is 11.5 Å². The lowest BCUT2D eigenvalue weighted by Gasteiger charge is -2.28. The van der Waals surface area contributed by atoms with Crippen LogP contribution in [0.3, 0.4) is 0 Å². The summed E-state index contributed by atoms with van der Waals surface area (Å²) in [6.07, 6.45) is 2.73. The van der Waals surface area contributed by atoms with Gasteiger partial charge in [0, 0.05) is 0 Å². The number of anilines is 1. The summed E-state index contributed by atoms with van der Waals surface area (Å²) in [5.74, 6) is -5.72. The second-order valence-electron chi connectivity index (χ2n) is 8.27. The monoisotopic (exact) mass is 492 g/mol. The maximum Gasteiger partial charge on any atom is 0.317 e. The van der Waals surface area contributed by atoms with Crippen LogP contribution < -0.4 is 20.1 Å². The number of amides is 2. The largest absolute Gasteiger partial charge is 0.486 e. The molecule has 35 heavy (non-hydrogen) atoms. The topological polar surface area (TPSA) is 103 Å². The highest BCUT2D eigenvalue weighted by Crippen LogP contribution is 2.45. The van der Waals surface area contributed by atoms with Gasteiger partial charge in [0.1, 0.15) is 13.2 Å². The maximum absolute atomic E-state index is 13.7. The number of fused-ring (bicyclic) bond motifs is 1. The zero-order valence-electron chi connectivity index (χ0n) is 18.6. The van der Waals surface area contributed by atoms with Gasteiger partial charge in [0.25, 0.3) is 5.91 Å². The molecule has 0 spiro atoms. The van der Waals surface area contributed by atoms with Gasteiger partial charge in [-0.1, -0.05) is 18.9 Å². The molecular weight excluding hydrogens is 469 g/mol. The number of ether oxygens (including phenoxy) is 3. The van der Waals surface area contributed by atoms with Gasteiger partial charge in [-0.3, -0.25) is 14.4 Å². The molecule has 1 saturated carbocycles. The molecule has 1 heterocycles. The lowest BCUT2D eigenvalue weighted by Crippen LogP contribution is -2.39. The second-order valence-corrected chi connectivity index (χ2v) is 8.27. The van der Waals surface area contributed by atoms with Gasteiger partial charge in [-0.2, -0.15) is 0 Å². The first-order valence-electron chi connectivity index (χ1n) is 11.1. The van der Waals surface area contributed by atoms with E-state index in [1.54, 1.807) is 18.2 Å². The first-order valence-corrected chi connectivity index (χ1v) is 11.1. The third kappa shape index (κ3) is 5.18. The third-order valence-corrected chi connectivity index (χ3v) is 6.03. The van der Waals surface area contributed by atoms with E-state index in [0.29, 0.717) is 43.6 Å². The SMILES string of the molecule is O=C(COC(=O)C1(c2ccc3c(c2)OCCO3)CCCC1)NCC(=O)Nc1ccc(F)c(F)c1F. The van der Waals surface area contributed by atoms with Crippen molar-refractivity contribution in [3.63, 3.8) is 0 Å². The van der Waals surface area contributed by atoms with E-state index in [1.807, 2.05) is 5.32 Å². The van der Waals surface area contributed by atoms with Crippen LogP contribution in [0.4, 0.5) is 18.9 Å². The number of benzene rings is 2. The van der Waals surface area contributed by atoms with Crippen molar-refractivity contribution in [2.45, 2.75) is 31.1 Å². The highest BCUT2D eigenvalue weighted by molar-refractivity contribution is 5.95. The average molecular weight is 492 g/mol. The van der Waals surface area contributed by atoms with Crippen molar-refractivity contribution in [2.75, 3.05) is 31.7 Å². The third-order valence-electron chi connectivity index (χ3n) is 6.03. The van der Waals surface area contributed by atoms with Crippen molar-refractivity contribution >= 4 is 23.5 Å². The number of esters is 1. The quantitative estimate of drug-likeness (QED) is 0.455. The second kappa shape index (κ2) is 10.2. The molecule has 186 valence electrons. The molecule has 0 atom stereocenters. The summed E-state index contributed by atoms with van der Waals surface area (Å²) >= 11 is 0. The lowest BCUT2D eigenvalue weighted by molar-refractivity contribution is -0.154. The minimum absolute atomic E-state index is 0.407. The molecule has 0 saturated heterocycles. The summed E-state index contributed by atoms with van der Waals surface area (Å²) in [7, 11) is 0. The van der Waals surface area contributed by atoms with Gasteiger partial charge >= 0.3 is 5.97 Å². The molecule has 0 unspecified atom stereocenters. The highest BCUT2D eigenvalue weighted by atomic mass is 19.2. The molecule has 1 aliphatic heterocycles. The van der Waals surface area contributed by atoms with E-state index in [9.17, 15) is 27.6 Å². The zero-order chi connectivity index (χ0) is 25.0. The molecule has 8 nitrogen and oxygen atoms in total. The summed E-state index contributed by atoms with van der Waals surface area (Å²) in [5, 5.41) is 4.26. The summed E-state index contributed by atoms with van der Waals surface area (Å²) in [6.45, 7) is -0.368. The molecule has 2 N–H and O–H groups in total. The number of halogens is 3. The Kier molecular flexibility index (Phi) is 7.13. The summed E-state index contributed by atoms with van der Waals surface area (Å²) in [6, 6.07) is 6.82. The highest BCUT2D eigenvalue weighted by Gasteiger charge is 2.45. The Morgan fingerprint density at radius 2 is 1.63 bits per heavy atom. The lowest BCUT2D eigenvalue weighted by atomic mass is 9.78. The first kappa shape index (κ1) is 24.4. The van der Waals surface area contributed by atoms with Gasteiger partial charge in [-0.15, -0.1) is 0 Å². The number of hydrogen-bond acceptors (Lipinski definition) is 6. The molecular formula is C24H23F3N2O6. The van der Waals surface area contributed by atoms with Crippen molar-refractivity contribution in [3.8, 4) is 11.5 Å². The van der Waals surface area contributed by atoms with Crippen LogP contribution in [0.1, 0.15) is 31.2 Å². The smallest absolute Gasteiger partial charge is 0.317 e. The van der Waals surface area contributed by atoms with E-state index in [1.165, 1.54) is 0 Å². The van der Waals surface area contributed by atoms with Crippen LogP contribution >= 0.6 is 0 Å². The average Bonchev–Trinajstić information content (AvgIpc) is 3.37. The van der Waals surface area contributed by atoms with Gasteiger partial charge < -0.3 is 24.8 Å². The normalized spacial score (nSPS) is 15.9. The standard InChI is InChI=1S/C24H23F3N2O6/c25-15-4-5-16(22(27)21(15)26)29-19(30)12-28-20(31)13-35-23(32)24(7-1-2-8-24)14-3-6-17-18(11-14)34-10-9-33-17/h3-6,11H,1-2,7-10,12-13H2,(H,28,31)(H,29,30). The Balaban J connectivity index is 1.32. The van der Waals surface area contributed by atoms with Crippen LogP contribution in [0.15, 0.2) is 30.3 Å². The molecule has 1 fully saturated rings. The van der Waals surface area contributed by atoms with Crippen LogP contribution in [0, 0.1) is 17.5 Å². The van der Waals surface area contributed by atoms with Crippen LogP contribution in [0.2, 0.25) is 0 Å². The molecule has 0 bridgehead atoms. The molecule has 4 rings (SSSR count). The Morgan fingerprint density at radius 1 is 0.914 bits per heavy atom. The first-order chi connectivity index (χ1) is 16.8. The predicted octanol–water partition coefficient (Wildman–Crippen LogP) is 2.99. The van der Waals surface area contributed by atoms with E-state index >= 15 is 0 Å². The summed E-state index contributed by atoms with van der Waals surface area (Å²) < 4.78 is 56.3. The van der Waals surface area contributed by atoms with E-state index < -0.39 is 59.5 Å². The van der Waals surface area contributed by atoms with E-state index in [-0.39, 0.29) is 0 Å². The molecule has 2 aromatic carbocycles. The zero-order valence-corrected chi connectivity index (χ0v) is 18.6. The minimum atomic E-state index is -1.72. The molecule has 2 aromatic rings. The number of carbonyl (C=O) groups excluding carboxylic acids is 3. The van der Waals surface area contributed by atoms with E-state index in [4.69, 9.17) is 14.2 Å². The molecule has 0 radical (unpaired) electrons. The summed E-state index contributed by atoms with van der Waals surface area (Å²) in [5.41, 5.74) is -0.771. The predicted molar refractivity (Wildman–Crippen MR) is 116 cm³/mol. The fourth-order valence-corrected chi connectivity index (χ4v) is 4.25. The van der Waals surface area contributed by atoms with Crippen LogP contribution in [-0.4, -0.2) is 44.1 Å². The molecule has 1 aliphatic carbocycles. The number of hydrogen-bond donors (Lipinski definition) is 2. The Bertz CT molecular complexity index is 1150. The van der Waals surface area contributed by atoms with Crippen molar-refractivity contribution in [3.05, 3.63) is 53.3 Å². The fraction of sp³-hybridized carbons (Fsp3) is 0.375. The van der Waals surface area contributed by atoms with Gasteiger partial charge in [-0.05, 0) is 42.7 Å². The van der Waals surface area contributed by atoms with Crippen molar-refractivity contribution in [1.82, 2.24) is 5.32 Å². The van der Waals surface area contributed by atoms with Gasteiger partial charge in [0.2, 0.25) is 5.91 Å². The molecule has 11 heteroatoms. The van der Waals surface area contributed by atoms with Crippen molar-refractivity contribution in [1.29, 1.82) is 0 Å². The van der Waals surface area contributed by atoms with Gasteiger partial charge in [0.05, 0.1) is 17.6 Å². The van der Waals surface area contributed by atoms with Gasteiger partial charge in [-0.25, -0.2) is 13.2 Å². The Hall–Kier alpha value is -3.76. The summed E-state index contributed by atoms with van der Waals surface area (Å²) in [4.78, 5) is 37.1. The molecule has 2 aliphatic rings. The van der Waals surface area contributed by atoms with Crippen LogP contribution in [0.25, 0.3) is 0 Å².